The van der Waals surface area contributed by atoms with Gasteiger partial charge < -0.3 is 20.4 Å². The summed E-state index contributed by atoms with van der Waals surface area (Å²) in [6.07, 6.45) is 1.31. The summed E-state index contributed by atoms with van der Waals surface area (Å²) in [6.45, 7) is 0.231. The van der Waals surface area contributed by atoms with Crippen molar-refractivity contribution in [2.75, 3.05) is 36.2 Å². The second kappa shape index (κ2) is 11.1. The molecule has 0 saturated carbocycles. The number of rotatable bonds is 10. The van der Waals surface area contributed by atoms with Crippen molar-refractivity contribution in [3.05, 3.63) is 19.0 Å². The van der Waals surface area contributed by atoms with Crippen molar-refractivity contribution in [3.8, 4) is 0 Å². The van der Waals surface area contributed by atoms with E-state index in [1.54, 1.807) is 11.8 Å². The van der Waals surface area contributed by atoms with Crippen LogP contribution in [0, 0.1) is 0 Å². The molecule has 10 heteroatoms. The number of aliphatic hydroxyl groups excluding tert-OH is 2. The lowest BCUT2D eigenvalue weighted by Gasteiger charge is -2.44. The summed E-state index contributed by atoms with van der Waals surface area (Å²) in [6, 6.07) is 0. The maximum atomic E-state index is 11.2. The minimum Gasteiger partial charge on any atom is -0.396 e. The van der Waals surface area contributed by atoms with Crippen LogP contribution in [0.4, 0.5) is 0 Å². The Morgan fingerprint density at radius 1 is 0.875 bits per heavy atom. The molecule has 24 heavy (non-hydrogen) atoms. The number of alkyl halides is 1. The highest BCUT2D eigenvalue weighted by atomic mass is 79.9. The molecule has 2 atom stereocenters. The Kier molecular flexibility index (Phi) is 11.1. The van der Waals surface area contributed by atoms with Crippen LogP contribution in [0.2, 0.25) is 0 Å². The van der Waals surface area contributed by atoms with Crippen LogP contribution in [0.1, 0.15) is 12.8 Å². The van der Waals surface area contributed by atoms with Crippen molar-refractivity contribution in [3.63, 3.8) is 0 Å². The number of halogens is 4. The molecule has 0 spiro atoms. The van der Waals surface area contributed by atoms with Gasteiger partial charge in [0, 0.05) is 43.7 Å². The predicted octanol–water partition coefficient (Wildman–Crippen LogP) is 3.70. The molecule has 0 radical (unpaired) electrons. The molecule has 140 valence electrons. The quantitative estimate of drug-likeness (QED) is 0.217. The van der Waals surface area contributed by atoms with Gasteiger partial charge in [0.05, 0.1) is 0 Å². The van der Waals surface area contributed by atoms with Crippen molar-refractivity contribution in [1.82, 2.24) is 0 Å². The molecule has 0 aromatic carbocycles. The van der Waals surface area contributed by atoms with E-state index in [-0.39, 0.29) is 19.0 Å². The molecule has 2 unspecified atom stereocenters. The first-order valence-corrected chi connectivity index (χ1v) is 12.7. The van der Waals surface area contributed by atoms with E-state index in [1.807, 2.05) is 0 Å². The Bertz CT molecular complexity index is 499. The van der Waals surface area contributed by atoms with Crippen LogP contribution in [0.3, 0.4) is 0 Å². The van der Waals surface area contributed by atoms with E-state index < -0.39 is 10.1 Å². The van der Waals surface area contributed by atoms with Gasteiger partial charge in [-0.1, -0.05) is 15.9 Å². The lowest BCUT2D eigenvalue weighted by Crippen LogP contribution is -2.56. The van der Waals surface area contributed by atoms with Gasteiger partial charge in [0.2, 0.25) is 0 Å². The number of allylic oxidation sites excluding steroid dienone is 2. The zero-order chi connectivity index (χ0) is 18.4. The summed E-state index contributed by atoms with van der Waals surface area (Å²) in [7, 11) is 0. The SMILES string of the molecule is OCCCSCC1=C(Br)C(Br)=C(Br)C(O)(CSCCCO)C1(O)Br. The Labute approximate surface area is 184 Å². The average molecular weight is 636 g/mol. The van der Waals surface area contributed by atoms with Crippen molar-refractivity contribution < 1.29 is 20.4 Å². The molecule has 0 aromatic heterocycles. The number of aliphatic hydroxyl groups is 4. The average Bonchev–Trinajstić information content (AvgIpc) is 2.55. The maximum absolute atomic E-state index is 11.2. The first-order valence-electron chi connectivity index (χ1n) is 7.20. The monoisotopic (exact) mass is 632 g/mol. The van der Waals surface area contributed by atoms with Gasteiger partial charge in [-0.15, -0.1) is 0 Å². The van der Waals surface area contributed by atoms with Crippen LogP contribution >= 0.6 is 87.2 Å². The molecule has 0 aromatic rings. The Balaban J connectivity index is 3.02. The van der Waals surface area contributed by atoms with Crippen molar-refractivity contribution in [1.29, 1.82) is 0 Å². The topological polar surface area (TPSA) is 80.9 Å². The summed E-state index contributed by atoms with van der Waals surface area (Å²) in [5.41, 5.74) is -0.915. The van der Waals surface area contributed by atoms with Gasteiger partial charge in [-0.05, 0) is 72.1 Å². The normalized spacial score (nSPS) is 28.0. The number of thioether (sulfide) groups is 2. The third-order valence-corrected chi connectivity index (χ3v) is 10.6. The maximum Gasteiger partial charge on any atom is 0.177 e. The van der Waals surface area contributed by atoms with Gasteiger partial charge in [-0.2, -0.15) is 23.5 Å². The molecule has 1 rings (SSSR count). The highest BCUT2D eigenvalue weighted by Gasteiger charge is 2.56. The van der Waals surface area contributed by atoms with E-state index in [0.717, 1.165) is 5.75 Å². The first-order chi connectivity index (χ1) is 11.2. The standard InChI is InChI=1S/C14H20Br4O4S2/c15-10-9(7-23-5-1-3-19)14(18,22)13(21,12(17)11(10)16)8-24-6-2-4-20/h19-22H,1-8H2. The van der Waals surface area contributed by atoms with Gasteiger partial charge in [0.25, 0.3) is 0 Å². The second-order valence-corrected chi connectivity index (χ2v) is 10.9. The van der Waals surface area contributed by atoms with E-state index in [9.17, 15) is 10.2 Å². The first kappa shape index (κ1) is 24.0. The fraction of sp³-hybridized carbons (Fsp3) is 0.714. The summed E-state index contributed by atoms with van der Waals surface area (Å²) >= 11 is 16.7. The largest absolute Gasteiger partial charge is 0.396 e. The molecule has 0 bridgehead atoms. The summed E-state index contributed by atoms with van der Waals surface area (Å²) < 4.78 is 0.180. The summed E-state index contributed by atoms with van der Waals surface area (Å²) in [5, 5.41) is 40.1. The highest BCUT2D eigenvalue weighted by molar-refractivity contribution is 9.16. The summed E-state index contributed by atoms with van der Waals surface area (Å²) in [4.78, 5) is 0. The van der Waals surface area contributed by atoms with Crippen molar-refractivity contribution in [2.45, 2.75) is 23.0 Å². The molecule has 4 N–H and O–H groups in total. The lowest BCUT2D eigenvalue weighted by molar-refractivity contribution is -0.0239. The van der Waals surface area contributed by atoms with Crippen LogP contribution in [0.25, 0.3) is 0 Å². The van der Waals surface area contributed by atoms with E-state index in [4.69, 9.17) is 10.2 Å². The molecular weight excluding hydrogens is 616 g/mol. The number of hydrogen-bond acceptors (Lipinski definition) is 6. The zero-order valence-electron chi connectivity index (χ0n) is 12.8. The van der Waals surface area contributed by atoms with Crippen LogP contribution in [-0.4, -0.2) is 66.8 Å². The van der Waals surface area contributed by atoms with Gasteiger partial charge in [-0.3, -0.25) is 0 Å². The lowest BCUT2D eigenvalue weighted by atomic mass is 9.88. The fourth-order valence-electron chi connectivity index (χ4n) is 2.00. The molecule has 4 nitrogen and oxygen atoms in total. The fourth-order valence-corrected chi connectivity index (χ4v) is 8.19. The van der Waals surface area contributed by atoms with Crippen LogP contribution in [0.5, 0.6) is 0 Å². The minimum absolute atomic E-state index is 0.100. The Morgan fingerprint density at radius 3 is 1.96 bits per heavy atom. The molecule has 0 fully saturated rings. The molecule has 0 aliphatic heterocycles. The smallest absolute Gasteiger partial charge is 0.177 e. The van der Waals surface area contributed by atoms with Crippen molar-refractivity contribution in [2.24, 2.45) is 0 Å². The second-order valence-electron chi connectivity index (χ2n) is 5.16. The summed E-state index contributed by atoms with van der Waals surface area (Å²) in [5.74, 6) is 2.21. The van der Waals surface area contributed by atoms with Crippen LogP contribution in [-0.2, 0) is 0 Å². The van der Waals surface area contributed by atoms with Crippen LogP contribution in [0.15, 0.2) is 19.0 Å². The van der Waals surface area contributed by atoms with Gasteiger partial charge in [0.1, 0.15) is 5.60 Å². The van der Waals surface area contributed by atoms with Gasteiger partial charge in [-0.25, -0.2) is 0 Å². The molecular formula is C14H20Br4O4S2. The molecule has 1 aliphatic carbocycles. The zero-order valence-corrected chi connectivity index (χ0v) is 20.8. The molecule has 0 heterocycles. The van der Waals surface area contributed by atoms with E-state index >= 15 is 0 Å². The molecule has 0 saturated heterocycles. The predicted molar refractivity (Wildman–Crippen MR) is 118 cm³/mol. The van der Waals surface area contributed by atoms with E-state index in [1.165, 1.54) is 11.8 Å². The van der Waals surface area contributed by atoms with Gasteiger partial charge in [0.15, 0.2) is 4.51 Å². The van der Waals surface area contributed by atoms with Crippen molar-refractivity contribution >= 4 is 87.2 Å². The third kappa shape index (κ3) is 5.48. The van der Waals surface area contributed by atoms with Crippen LogP contribution < -0.4 is 0 Å². The molecule has 1 aliphatic rings. The Morgan fingerprint density at radius 2 is 1.42 bits per heavy atom. The number of hydrogen-bond donors (Lipinski definition) is 4. The highest BCUT2D eigenvalue weighted by Crippen LogP contribution is 2.54. The van der Waals surface area contributed by atoms with E-state index in [2.05, 4.69) is 63.7 Å². The van der Waals surface area contributed by atoms with Gasteiger partial charge >= 0.3 is 0 Å². The third-order valence-electron chi connectivity index (χ3n) is 3.41. The molecule has 0 amide bonds. The Hall–Kier alpha value is 1.94. The minimum atomic E-state index is -1.63. The van der Waals surface area contributed by atoms with E-state index in [0.29, 0.717) is 43.4 Å².